The summed E-state index contributed by atoms with van der Waals surface area (Å²) in [5.41, 5.74) is 1.42. The number of rotatable bonds is 3. The topological polar surface area (TPSA) is 53.1 Å². The second-order valence-electron chi connectivity index (χ2n) is 4.98. The van der Waals surface area contributed by atoms with Crippen LogP contribution in [-0.4, -0.2) is 16.1 Å². The van der Waals surface area contributed by atoms with E-state index in [2.05, 4.69) is 4.98 Å². The number of aromatic amines is 1. The lowest BCUT2D eigenvalue weighted by Gasteiger charge is -2.10. The summed E-state index contributed by atoms with van der Waals surface area (Å²) in [6.45, 7) is 0. The molecule has 118 valence electrons. The Labute approximate surface area is 145 Å². The van der Waals surface area contributed by atoms with Gasteiger partial charge in [-0.3, -0.25) is 4.79 Å². The van der Waals surface area contributed by atoms with Gasteiger partial charge in [0, 0.05) is 33.2 Å². The maximum atomic E-state index is 15.0. The summed E-state index contributed by atoms with van der Waals surface area (Å²) in [7, 11) is 0. The number of hydrogen-bond donors (Lipinski definition) is 2. The van der Waals surface area contributed by atoms with E-state index in [4.69, 9.17) is 39.9 Å². The van der Waals surface area contributed by atoms with Gasteiger partial charge in [0.15, 0.2) is 0 Å². The zero-order chi connectivity index (χ0) is 16.7. The Morgan fingerprint density at radius 2 is 1.91 bits per heavy atom. The maximum Gasteiger partial charge on any atom is 0.307 e. The first-order valence-corrected chi connectivity index (χ1v) is 7.67. The Balaban J connectivity index is 2.27. The quantitative estimate of drug-likeness (QED) is 0.591. The zero-order valence-corrected chi connectivity index (χ0v) is 13.7. The van der Waals surface area contributed by atoms with Gasteiger partial charge in [-0.05, 0) is 29.8 Å². The van der Waals surface area contributed by atoms with Gasteiger partial charge in [0.1, 0.15) is 5.82 Å². The molecule has 0 aliphatic heterocycles. The highest BCUT2D eigenvalue weighted by Crippen LogP contribution is 2.39. The third-order valence-corrected chi connectivity index (χ3v) is 4.51. The first kappa shape index (κ1) is 16.1. The minimum absolute atomic E-state index is 0.185. The van der Waals surface area contributed by atoms with E-state index in [1.807, 2.05) is 0 Å². The number of halogens is 4. The highest BCUT2D eigenvalue weighted by atomic mass is 35.5. The van der Waals surface area contributed by atoms with Crippen molar-refractivity contribution < 1.29 is 14.3 Å². The van der Waals surface area contributed by atoms with Crippen molar-refractivity contribution in [1.29, 1.82) is 0 Å². The summed E-state index contributed by atoms with van der Waals surface area (Å²) in [6, 6.07) is 6.19. The van der Waals surface area contributed by atoms with E-state index >= 15 is 0 Å². The van der Waals surface area contributed by atoms with Crippen LogP contribution in [0.25, 0.3) is 22.0 Å². The number of carboxylic acids is 1. The molecule has 23 heavy (non-hydrogen) atoms. The third-order valence-electron chi connectivity index (χ3n) is 3.49. The van der Waals surface area contributed by atoms with Crippen LogP contribution in [0.3, 0.4) is 0 Å². The summed E-state index contributed by atoms with van der Waals surface area (Å²) < 4.78 is 15.0. The van der Waals surface area contributed by atoms with Crippen LogP contribution in [0.4, 0.5) is 4.39 Å². The normalized spacial score (nSPS) is 11.1. The van der Waals surface area contributed by atoms with E-state index in [0.29, 0.717) is 21.7 Å². The molecule has 3 aromatic rings. The number of carboxylic acid groups (broad SMARTS) is 1. The summed E-state index contributed by atoms with van der Waals surface area (Å²) in [6.07, 6.45) is 1.20. The van der Waals surface area contributed by atoms with Gasteiger partial charge in [0.2, 0.25) is 0 Å². The fourth-order valence-corrected chi connectivity index (χ4v) is 3.21. The Kier molecular flexibility index (Phi) is 4.23. The summed E-state index contributed by atoms with van der Waals surface area (Å²) in [4.78, 5) is 13.8. The van der Waals surface area contributed by atoms with Crippen molar-refractivity contribution in [3.8, 4) is 11.1 Å². The Hall–Kier alpha value is -1.75. The first-order chi connectivity index (χ1) is 10.9. The van der Waals surface area contributed by atoms with Crippen molar-refractivity contribution in [2.24, 2.45) is 0 Å². The monoisotopic (exact) mass is 371 g/mol. The van der Waals surface area contributed by atoms with E-state index in [0.717, 1.165) is 0 Å². The van der Waals surface area contributed by atoms with Gasteiger partial charge < -0.3 is 10.1 Å². The van der Waals surface area contributed by atoms with E-state index in [1.165, 1.54) is 18.3 Å². The molecule has 3 rings (SSSR count). The van der Waals surface area contributed by atoms with Gasteiger partial charge in [-0.15, -0.1) is 0 Å². The minimum atomic E-state index is -1.04. The highest BCUT2D eigenvalue weighted by molar-refractivity contribution is 6.45. The second kappa shape index (κ2) is 6.04. The number of carbonyl (C=O) groups is 1. The van der Waals surface area contributed by atoms with Crippen LogP contribution in [0.1, 0.15) is 5.56 Å². The third kappa shape index (κ3) is 2.90. The van der Waals surface area contributed by atoms with Gasteiger partial charge in [-0.2, -0.15) is 0 Å². The number of aromatic nitrogens is 1. The molecule has 2 aromatic carbocycles. The predicted molar refractivity (Wildman–Crippen MR) is 90.1 cm³/mol. The van der Waals surface area contributed by atoms with Crippen molar-refractivity contribution in [3.63, 3.8) is 0 Å². The van der Waals surface area contributed by atoms with Gasteiger partial charge in [-0.1, -0.05) is 34.8 Å². The summed E-state index contributed by atoms with van der Waals surface area (Å²) >= 11 is 18.1. The molecule has 3 nitrogen and oxygen atoms in total. The molecule has 0 amide bonds. The van der Waals surface area contributed by atoms with Crippen molar-refractivity contribution in [2.75, 3.05) is 0 Å². The van der Waals surface area contributed by atoms with Crippen molar-refractivity contribution in [2.45, 2.75) is 6.42 Å². The SMILES string of the molecule is O=C(O)Cc1c[nH]c2ccc(-c3cc(Cl)cc(Cl)c3Cl)c(F)c12. The number of H-pyrrole nitrogens is 1. The average molecular weight is 373 g/mol. The largest absolute Gasteiger partial charge is 0.481 e. The van der Waals surface area contributed by atoms with Crippen molar-refractivity contribution >= 4 is 51.7 Å². The molecular weight excluding hydrogens is 364 g/mol. The van der Waals surface area contributed by atoms with E-state index < -0.39 is 11.8 Å². The molecule has 0 spiro atoms. The van der Waals surface area contributed by atoms with E-state index in [-0.39, 0.29) is 27.4 Å². The molecule has 0 aliphatic rings. The molecular formula is C16H9Cl3FNO2. The van der Waals surface area contributed by atoms with Crippen molar-refractivity contribution in [3.05, 3.63) is 56.9 Å². The van der Waals surface area contributed by atoms with Gasteiger partial charge in [0.05, 0.1) is 16.5 Å². The minimum Gasteiger partial charge on any atom is -0.481 e. The molecule has 1 heterocycles. The molecule has 0 saturated carbocycles. The van der Waals surface area contributed by atoms with Crippen LogP contribution in [0.15, 0.2) is 30.5 Å². The Morgan fingerprint density at radius 3 is 2.61 bits per heavy atom. The molecule has 1 aromatic heterocycles. The smallest absolute Gasteiger partial charge is 0.307 e. The lowest BCUT2D eigenvalue weighted by atomic mass is 10.0. The average Bonchev–Trinajstić information content (AvgIpc) is 2.87. The fraction of sp³-hybridized carbons (Fsp3) is 0.0625. The van der Waals surface area contributed by atoms with E-state index in [9.17, 15) is 9.18 Å². The summed E-state index contributed by atoms with van der Waals surface area (Å²) in [5.74, 6) is -1.61. The van der Waals surface area contributed by atoms with Gasteiger partial charge in [-0.25, -0.2) is 4.39 Å². The molecule has 0 atom stereocenters. The van der Waals surface area contributed by atoms with E-state index in [1.54, 1.807) is 12.1 Å². The summed E-state index contributed by atoms with van der Waals surface area (Å²) in [5, 5.41) is 9.89. The maximum absolute atomic E-state index is 15.0. The molecule has 0 aliphatic carbocycles. The fourth-order valence-electron chi connectivity index (χ4n) is 2.51. The standard InChI is InChI=1S/C16H9Cl3FNO2/c17-8-4-10(15(19)11(18)5-8)9-1-2-12-14(16(9)20)7(6-21-12)3-13(22)23/h1-2,4-6,21H,3H2,(H,22,23). The molecule has 0 fully saturated rings. The zero-order valence-electron chi connectivity index (χ0n) is 11.5. The van der Waals surface area contributed by atoms with Crippen LogP contribution in [0, 0.1) is 5.82 Å². The number of benzene rings is 2. The van der Waals surface area contributed by atoms with Crippen LogP contribution in [-0.2, 0) is 11.2 Å². The number of aliphatic carboxylic acids is 1. The number of nitrogens with one attached hydrogen (secondary N) is 1. The highest BCUT2D eigenvalue weighted by Gasteiger charge is 2.18. The van der Waals surface area contributed by atoms with Crippen molar-refractivity contribution in [1.82, 2.24) is 4.98 Å². The number of hydrogen-bond acceptors (Lipinski definition) is 1. The lowest BCUT2D eigenvalue weighted by molar-refractivity contribution is -0.136. The second-order valence-corrected chi connectivity index (χ2v) is 6.20. The Bertz CT molecular complexity index is 937. The van der Waals surface area contributed by atoms with Crippen LogP contribution in [0.2, 0.25) is 15.1 Å². The van der Waals surface area contributed by atoms with Crippen LogP contribution < -0.4 is 0 Å². The molecule has 7 heteroatoms. The number of fused-ring (bicyclic) bond motifs is 1. The van der Waals surface area contributed by atoms with Crippen LogP contribution in [0.5, 0.6) is 0 Å². The molecule has 0 saturated heterocycles. The lowest BCUT2D eigenvalue weighted by Crippen LogP contribution is -2.00. The predicted octanol–water partition coefficient (Wildman–Crippen LogP) is 5.56. The first-order valence-electron chi connectivity index (χ1n) is 6.53. The molecule has 2 N–H and O–H groups in total. The molecule has 0 bridgehead atoms. The molecule has 0 unspecified atom stereocenters. The van der Waals surface area contributed by atoms with Gasteiger partial charge in [0.25, 0.3) is 0 Å². The van der Waals surface area contributed by atoms with Crippen LogP contribution >= 0.6 is 34.8 Å². The molecule has 0 radical (unpaired) electrons. The van der Waals surface area contributed by atoms with Gasteiger partial charge >= 0.3 is 5.97 Å². The Morgan fingerprint density at radius 1 is 1.17 bits per heavy atom.